The Morgan fingerprint density at radius 3 is 2.00 bits per heavy atom. The van der Waals surface area contributed by atoms with E-state index in [9.17, 15) is 0 Å². The average molecular weight is 306 g/mol. The molecule has 4 heterocycles. The number of fused-ring (bicyclic) bond motifs is 1. The van der Waals surface area contributed by atoms with Crippen LogP contribution in [-0.4, -0.2) is 25.9 Å². The summed E-state index contributed by atoms with van der Waals surface area (Å²) in [5.41, 5.74) is 6.13. The fourth-order valence-electron chi connectivity index (χ4n) is 2.70. The molecule has 0 spiro atoms. The van der Waals surface area contributed by atoms with E-state index in [1.807, 2.05) is 48.2 Å². The maximum absolute atomic E-state index is 4.48. The maximum Gasteiger partial charge on any atom is 0.116 e. The molecule has 0 N–H and O–H groups in total. The third kappa shape index (κ3) is 2.37. The minimum atomic E-state index is 0.890. The lowest BCUT2D eigenvalue weighted by atomic mass is 9.99. The highest BCUT2D eigenvalue weighted by molar-refractivity contribution is 7.98. The third-order valence-corrected chi connectivity index (χ3v) is 4.73. The van der Waals surface area contributed by atoms with E-state index in [1.54, 1.807) is 12.4 Å². The van der Waals surface area contributed by atoms with Gasteiger partial charge in [-0.15, -0.1) is 10.2 Å². The molecule has 0 aliphatic carbocycles. The van der Waals surface area contributed by atoms with Crippen molar-refractivity contribution in [2.24, 2.45) is 0 Å². The van der Waals surface area contributed by atoms with E-state index < -0.39 is 0 Å². The van der Waals surface area contributed by atoms with E-state index in [0.717, 1.165) is 40.7 Å². The number of pyridine rings is 2. The zero-order chi connectivity index (χ0) is 14.8. The number of rotatable bonds is 2. The molecule has 5 heteroatoms. The Morgan fingerprint density at radius 1 is 0.773 bits per heavy atom. The molecule has 0 unspecified atom stereocenters. The van der Waals surface area contributed by atoms with Crippen molar-refractivity contribution in [1.29, 1.82) is 0 Å². The van der Waals surface area contributed by atoms with Crippen molar-refractivity contribution in [1.82, 2.24) is 20.2 Å². The van der Waals surface area contributed by atoms with Gasteiger partial charge in [0.2, 0.25) is 0 Å². The number of hydrogen-bond acceptors (Lipinski definition) is 5. The Hall–Kier alpha value is -2.27. The first kappa shape index (κ1) is 13.4. The number of nitrogens with zero attached hydrogens (tertiary/aromatic N) is 4. The minimum Gasteiger partial charge on any atom is -0.255 e. The first-order chi connectivity index (χ1) is 10.9. The molecule has 0 saturated carbocycles. The van der Waals surface area contributed by atoms with E-state index in [0.29, 0.717) is 0 Å². The molecule has 1 aliphatic heterocycles. The second kappa shape index (κ2) is 5.85. The summed E-state index contributed by atoms with van der Waals surface area (Å²) in [5, 5.41) is 8.95. The molecule has 1 aliphatic rings. The van der Waals surface area contributed by atoms with Crippen LogP contribution in [-0.2, 0) is 12.2 Å². The van der Waals surface area contributed by atoms with Gasteiger partial charge in [0.05, 0.1) is 11.4 Å². The largest absolute Gasteiger partial charge is 0.255 e. The molecule has 0 amide bonds. The number of aromatic nitrogens is 4. The van der Waals surface area contributed by atoms with Gasteiger partial charge in [0.25, 0.3) is 0 Å². The summed E-state index contributed by atoms with van der Waals surface area (Å²) in [4.78, 5) is 8.87. The van der Waals surface area contributed by atoms with Gasteiger partial charge in [-0.2, -0.15) is 11.8 Å². The van der Waals surface area contributed by atoms with Crippen molar-refractivity contribution in [3.8, 4) is 22.8 Å². The van der Waals surface area contributed by atoms with Crippen LogP contribution >= 0.6 is 11.8 Å². The summed E-state index contributed by atoms with van der Waals surface area (Å²) < 4.78 is 0. The average Bonchev–Trinajstić information content (AvgIpc) is 2.62. The Bertz CT molecular complexity index is 722. The molecular weight excluding hydrogens is 292 g/mol. The molecule has 4 rings (SSSR count). The summed E-state index contributed by atoms with van der Waals surface area (Å²) in [6.07, 6.45) is 4.60. The molecule has 108 valence electrons. The van der Waals surface area contributed by atoms with Crippen molar-refractivity contribution in [3.63, 3.8) is 0 Å². The van der Waals surface area contributed by atoms with Crippen molar-refractivity contribution < 1.29 is 0 Å². The van der Waals surface area contributed by atoms with Crippen molar-refractivity contribution in [3.05, 3.63) is 59.9 Å². The molecule has 0 bridgehead atoms. The molecule has 0 saturated heterocycles. The topological polar surface area (TPSA) is 51.6 Å². The van der Waals surface area contributed by atoms with E-state index >= 15 is 0 Å². The fraction of sp³-hybridized carbons (Fsp3) is 0.176. The lowest BCUT2D eigenvalue weighted by Crippen LogP contribution is -2.11. The fourth-order valence-corrected chi connectivity index (χ4v) is 3.70. The van der Waals surface area contributed by atoms with Crippen LogP contribution in [0, 0.1) is 0 Å². The summed E-state index contributed by atoms with van der Waals surface area (Å²) in [6.45, 7) is 0. The highest BCUT2D eigenvalue weighted by Gasteiger charge is 2.22. The van der Waals surface area contributed by atoms with Gasteiger partial charge in [-0.3, -0.25) is 9.97 Å². The minimum absolute atomic E-state index is 0.890. The Kier molecular flexibility index (Phi) is 3.56. The van der Waals surface area contributed by atoms with E-state index in [2.05, 4.69) is 20.2 Å². The lowest BCUT2D eigenvalue weighted by molar-refractivity contribution is 0.952. The van der Waals surface area contributed by atoms with Crippen molar-refractivity contribution in [2.45, 2.75) is 12.2 Å². The van der Waals surface area contributed by atoms with Crippen LogP contribution in [0.5, 0.6) is 0 Å². The predicted octanol–water partition coefficient (Wildman–Crippen LogP) is 3.39. The van der Waals surface area contributed by atoms with Gasteiger partial charge in [0.15, 0.2) is 0 Å². The van der Waals surface area contributed by atoms with Gasteiger partial charge in [-0.05, 0) is 47.6 Å². The van der Waals surface area contributed by atoms with Crippen LogP contribution in [0.4, 0.5) is 0 Å². The monoisotopic (exact) mass is 306 g/mol. The zero-order valence-electron chi connectivity index (χ0n) is 11.9. The predicted molar refractivity (Wildman–Crippen MR) is 88.4 cm³/mol. The maximum atomic E-state index is 4.48. The second-order valence-corrected chi connectivity index (χ2v) is 6.19. The standard InChI is InChI=1S/C17H14N4S/c1-3-8-18-14(5-1)16-12-7-10-22-11-13(12)17(21-20-16)15-6-2-4-9-19-15/h1-6,8-9H,7,10-11H2. The Labute approximate surface area is 133 Å². The normalized spacial score (nSPS) is 13.6. The highest BCUT2D eigenvalue weighted by Crippen LogP contribution is 2.35. The number of hydrogen-bond donors (Lipinski definition) is 0. The quantitative estimate of drug-likeness (QED) is 0.726. The first-order valence-electron chi connectivity index (χ1n) is 7.22. The van der Waals surface area contributed by atoms with Crippen molar-refractivity contribution >= 4 is 11.8 Å². The molecule has 3 aromatic heterocycles. The van der Waals surface area contributed by atoms with Crippen LogP contribution in [0.1, 0.15) is 11.1 Å². The van der Waals surface area contributed by atoms with Crippen LogP contribution in [0.25, 0.3) is 22.8 Å². The molecule has 0 aromatic carbocycles. The molecule has 4 nitrogen and oxygen atoms in total. The van der Waals surface area contributed by atoms with Gasteiger partial charge in [0.1, 0.15) is 11.4 Å². The lowest BCUT2D eigenvalue weighted by Gasteiger charge is -2.20. The smallest absolute Gasteiger partial charge is 0.116 e. The SMILES string of the molecule is c1ccc(-c2nnc(-c3ccccn3)c3c2CCSC3)nc1. The van der Waals surface area contributed by atoms with E-state index in [1.165, 1.54) is 11.1 Å². The van der Waals surface area contributed by atoms with Gasteiger partial charge < -0.3 is 0 Å². The van der Waals surface area contributed by atoms with Gasteiger partial charge in [0, 0.05) is 18.1 Å². The summed E-state index contributed by atoms with van der Waals surface area (Å²) >= 11 is 1.93. The number of thioether (sulfide) groups is 1. The molecule has 0 radical (unpaired) electrons. The van der Waals surface area contributed by atoms with Gasteiger partial charge >= 0.3 is 0 Å². The highest BCUT2D eigenvalue weighted by atomic mass is 32.2. The third-order valence-electron chi connectivity index (χ3n) is 3.74. The zero-order valence-corrected chi connectivity index (χ0v) is 12.8. The molecule has 22 heavy (non-hydrogen) atoms. The van der Waals surface area contributed by atoms with Gasteiger partial charge in [-0.1, -0.05) is 12.1 Å². The van der Waals surface area contributed by atoms with E-state index in [4.69, 9.17) is 0 Å². The van der Waals surface area contributed by atoms with Crippen LogP contribution in [0.2, 0.25) is 0 Å². The Morgan fingerprint density at radius 2 is 1.41 bits per heavy atom. The summed E-state index contributed by atoms with van der Waals surface area (Å²) in [7, 11) is 0. The van der Waals surface area contributed by atoms with Crippen LogP contribution in [0.3, 0.4) is 0 Å². The molecule has 0 fully saturated rings. The van der Waals surface area contributed by atoms with Crippen LogP contribution in [0.15, 0.2) is 48.8 Å². The van der Waals surface area contributed by atoms with Gasteiger partial charge in [-0.25, -0.2) is 0 Å². The molecular formula is C17H14N4S. The van der Waals surface area contributed by atoms with E-state index in [-0.39, 0.29) is 0 Å². The summed E-state index contributed by atoms with van der Waals surface area (Å²) in [6, 6.07) is 11.8. The first-order valence-corrected chi connectivity index (χ1v) is 8.38. The van der Waals surface area contributed by atoms with Crippen LogP contribution < -0.4 is 0 Å². The molecule has 3 aromatic rings. The summed E-state index contributed by atoms with van der Waals surface area (Å²) in [5.74, 6) is 2.07. The molecule has 0 atom stereocenters. The Balaban J connectivity index is 1.91. The van der Waals surface area contributed by atoms with Crippen molar-refractivity contribution in [2.75, 3.05) is 5.75 Å². The second-order valence-electron chi connectivity index (χ2n) is 5.09.